The highest BCUT2D eigenvalue weighted by molar-refractivity contribution is 8.15. The van der Waals surface area contributed by atoms with Crippen LogP contribution in [-0.2, 0) is 19.1 Å². The van der Waals surface area contributed by atoms with Crippen molar-refractivity contribution in [3.63, 3.8) is 0 Å². The molecule has 0 radical (unpaired) electrons. The number of halogens is 1. The number of methoxy groups -OCH3 is 1. The molecule has 0 spiro atoms. The molecular weight excluding hydrogens is 359 g/mol. The predicted molar refractivity (Wildman–Crippen MR) is 96.0 cm³/mol. The Labute approximate surface area is 155 Å². The van der Waals surface area contributed by atoms with Gasteiger partial charge in [0.25, 0.3) is 0 Å². The molecule has 2 aliphatic heterocycles. The Bertz CT molecular complexity index is 791. The topological polar surface area (TPSA) is 68.2 Å². The van der Waals surface area contributed by atoms with E-state index < -0.39 is 12.0 Å². The molecule has 2 aliphatic rings. The summed E-state index contributed by atoms with van der Waals surface area (Å²) >= 11 is 1.34. The van der Waals surface area contributed by atoms with Crippen LogP contribution in [0, 0.1) is 5.82 Å². The molecule has 1 aromatic carbocycles. The van der Waals surface area contributed by atoms with Crippen LogP contribution in [0.4, 0.5) is 4.39 Å². The van der Waals surface area contributed by atoms with Crippen LogP contribution >= 0.6 is 11.8 Å². The zero-order valence-electron chi connectivity index (χ0n) is 14.7. The molecule has 1 aromatic rings. The summed E-state index contributed by atoms with van der Waals surface area (Å²) in [4.78, 5) is 31.3. The van der Waals surface area contributed by atoms with Gasteiger partial charge >= 0.3 is 5.97 Å². The Hall–Kier alpha value is -2.19. The second-order valence-electron chi connectivity index (χ2n) is 5.94. The lowest BCUT2D eigenvalue weighted by molar-refractivity contribution is -0.141. The van der Waals surface area contributed by atoms with Crippen molar-refractivity contribution in [3.05, 3.63) is 46.9 Å². The van der Waals surface area contributed by atoms with Crippen LogP contribution < -0.4 is 0 Å². The molecule has 0 unspecified atom stereocenters. The molecule has 0 saturated carbocycles. The first-order chi connectivity index (χ1) is 12.4. The van der Waals surface area contributed by atoms with Crippen molar-refractivity contribution in [2.45, 2.75) is 25.1 Å². The summed E-state index contributed by atoms with van der Waals surface area (Å²) in [6, 6.07) is 5.06. The van der Waals surface area contributed by atoms with E-state index in [0.29, 0.717) is 16.4 Å². The molecule has 2 heterocycles. The third-order valence-electron chi connectivity index (χ3n) is 4.18. The number of amides is 1. The summed E-state index contributed by atoms with van der Waals surface area (Å²) in [6.45, 7) is 3.87. The quantitative estimate of drug-likeness (QED) is 0.582. The van der Waals surface area contributed by atoms with E-state index in [1.54, 1.807) is 26.0 Å². The smallest absolute Gasteiger partial charge is 0.338 e. The number of benzene rings is 1. The third-order valence-corrected chi connectivity index (χ3v) is 5.24. The number of nitrogens with zero attached hydrogens (tertiary/aromatic N) is 2. The van der Waals surface area contributed by atoms with Crippen molar-refractivity contribution in [1.29, 1.82) is 0 Å². The number of amidine groups is 1. The highest BCUT2D eigenvalue weighted by Crippen LogP contribution is 2.43. The van der Waals surface area contributed by atoms with Gasteiger partial charge in [-0.3, -0.25) is 9.69 Å². The van der Waals surface area contributed by atoms with Gasteiger partial charge < -0.3 is 9.47 Å². The van der Waals surface area contributed by atoms with Crippen LogP contribution in [0.2, 0.25) is 0 Å². The minimum absolute atomic E-state index is 0.0952. The summed E-state index contributed by atoms with van der Waals surface area (Å²) < 4.78 is 23.5. The van der Waals surface area contributed by atoms with E-state index in [0.717, 1.165) is 0 Å². The van der Waals surface area contributed by atoms with Crippen LogP contribution in [0.1, 0.15) is 25.5 Å². The molecule has 0 bridgehead atoms. The maximum Gasteiger partial charge on any atom is 0.338 e. The van der Waals surface area contributed by atoms with Crippen molar-refractivity contribution in [2.75, 3.05) is 20.3 Å². The lowest BCUT2D eigenvalue weighted by atomic mass is 9.94. The molecule has 1 fully saturated rings. The molecule has 0 N–H and O–H groups in total. The number of aliphatic imine (C=N–C) groups is 1. The van der Waals surface area contributed by atoms with E-state index in [9.17, 15) is 14.0 Å². The summed E-state index contributed by atoms with van der Waals surface area (Å²) in [6.07, 6.45) is 0. The number of allylic oxidation sites excluding steroid dienone is 1. The lowest BCUT2D eigenvalue weighted by Crippen LogP contribution is -2.40. The van der Waals surface area contributed by atoms with Gasteiger partial charge in [-0.2, -0.15) is 0 Å². The van der Waals surface area contributed by atoms with E-state index in [2.05, 4.69) is 4.99 Å². The monoisotopic (exact) mass is 378 g/mol. The van der Waals surface area contributed by atoms with Gasteiger partial charge in [0.2, 0.25) is 5.91 Å². The van der Waals surface area contributed by atoms with Crippen molar-refractivity contribution < 1.29 is 23.5 Å². The highest BCUT2D eigenvalue weighted by atomic mass is 32.2. The van der Waals surface area contributed by atoms with E-state index in [1.165, 1.54) is 35.9 Å². The normalized spacial score (nSPS) is 22.4. The Morgan fingerprint density at radius 2 is 2.00 bits per heavy atom. The largest absolute Gasteiger partial charge is 0.460 e. The Morgan fingerprint density at radius 1 is 1.31 bits per heavy atom. The van der Waals surface area contributed by atoms with E-state index >= 15 is 0 Å². The summed E-state index contributed by atoms with van der Waals surface area (Å²) in [5.41, 5.74) is 1.39. The number of hydrogen-bond acceptors (Lipinski definition) is 6. The van der Waals surface area contributed by atoms with Crippen molar-refractivity contribution >= 4 is 28.8 Å². The van der Waals surface area contributed by atoms with Gasteiger partial charge in [0.05, 0.1) is 29.2 Å². The first kappa shape index (κ1) is 18.6. The lowest BCUT2D eigenvalue weighted by Gasteiger charge is -2.33. The number of carbonyl (C=O) groups is 2. The van der Waals surface area contributed by atoms with Crippen molar-refractivity contribution in [1.82, 2.24) is 4.90 Å². The fourth-order valence-corrected chi connectivity index (χ4v) is 3.95. The molecule has 6 nitrogen and oxygen atoms in total. The fraction of sp³-hybridized carbons (Fsp3) is 0.389. The van der Waals surface area contributed by atoms with Gasteiger partial charge in [-0.15, -0.1) is 0 Å². The molecule has 26 heavy (non-hydrogen) atoms. The second-order valence-corrected chi connectivity index (χ2v) is 7.25. The van der Waals surface area contributed by atoms with E-state index in [4.69, 9.17) is 9.47 Å². The maximum atomic E-state index is 13.4. The molecule has 2 atom stereocenters. The zero-order chi connectivity index (χ0) is 18.8. The van der Waals surface area contributed by atoms with Crippen LogP contribution in [-0.4, -0.2) is 47.5 Å². The molecule has 1 amide bonds. The Morgan fingerprint density at radius 3 is 2.65 bits per heavy atom. The Balaban J connectivity index is 2.03. The second kappa shape index (κ2) is 7.59. The van der Waals surface area contributed by atoms with Gasteiger partial charge in [0, 0.05) is 7.11 Å². The molecular formula is C18H19FN2O4S. The van der Waals surface area contributed by atoms with Gasteiger partial charge in [-0.25, -0.2) is 14.2 Å². The average Bonchev–Trinajstić information content (AvgIpc) is 2.88. The SMILES string of the molecule is COCCOC(=O)C1=C(C)N=C2S[C@@H](C)C(=O)N2[C@H]1c1ccc(F)cc1. The first-order valence-electron chi connectivity index (χ1n) is 8.14. The molecule has 0 aromatic heterocycles. The molecule has 0 aliphatic carbocycles. The van der Waals surface area contributed by atoms with Crippen molar-refractivity contribution in [3.8, 4) is 0 Å². The number of thioether (sulfide) groups is 1. The molecule has 1 saturated heterocycles. The minimum atomic E-state index is -0.692. The highest BCUT2D eigenvalue weighted by Gasteiger charge is 2.46. The average molecular weight is 378 g/mol. The number of esters is 1. The zero-order valence-corrected chi connectivity index (χ0v) is 15.5. The predicted octanol–water partition coefficient (Wildman–Crippen LogP) is 2.66. The fourth-order valence-electron chi connectivity index (χ4n) is 2.92. The number of ether oxygens (including phenoxy) is 2. The van der Waals surface area contributed by atoms with Gasteiger partial charge in [-0.1, -0.05) is 23.9 Å². The summed E-state index contributed by atoms with van der Waals surface area (Å²) in [5.74, 6) is -1.09. The third kappa shape index (κ3) is 3.39. The number of rotatable bonds is 5. The number of fused-ring (bicyclic) bond motifs is 1. The number of hydrogen-bond donors (Lipinski definition) is 0. The van der Waals surface area contributed by atoms with Crippen LogP contribution in [0.3, 0.4) is 0 Å². The minimum Gasteiger partial charge on any atom is -0.460 e. The van der Waals surface area contributed by atoms with Crippen LogP contribution in [0.15, 0.2) is 40.5 Å². The van der Waals surface area contributed by atoms with Gasteiger partial charge in [0.1, 0.15) is 12.4 Å². The Kier molecular flexibility index (Phi) is 5.43. The summed E-state index contributed by atoms with van der Waals surface area (Å²) in [5, 5.41) is 0.246. The first-order valence-corrected chi connectivity index (χ1v) is 9.02. The van der Waals surface area contributed by atoms with E-state index in [-0.39, 0.29) is 35.8 Å². The van der Waals surface area contributed by atoms with Gasteiger partial charge in [-0.05, 0) is 31.5 Å². The van der Waals surface area contributed by atoms with Gasteiger partial charge in [0.15, 0.2) is 5.17 Å². The molecule has 138 valence electrons. The summed E-state index contributed by atoms with van der Waals surface area (Å²) in [7, 11) is 1.51. The molecule has 8 heteroatoms. The molecule has 3 rings (SSSR count). The van der Waals surface area contributed by atoms with Crippen LogP contribution in [0.25, 0.3) is 0 Å². The van der Waals surface area contributed by atoms with Crippen molar-refractivity contribution in [2.24, 2.45) is 4.99 Å². The number of carbonyl (C=O) groups excluding carboxylic acids is 2. The standard InChI is InChI=1S/C18H19FN2O4S/c1-10-14(17(23)25-9-8-24-3)15(12-4-6-13(19)7-5-12)21-16(22)11(2)26-18(21)20-10/h4-7,11,15H,8-9H2,1-3H3/t11-,15-/m0/s1. The van der Waals surface area contributed by atoms with E-state index in [1.807, 2.05) is 0 Å². The van der Waals surface area contributed by atoms with Crippen LogP contribution in [0.5, 0.6) is 0 Å². The maximum absolute atomic E-state index is 13.4.